The van der Waals surface area contributed by atoms with Crippen LogP contribution in [0.15, 0.2) is 48.5 Å². The summed E-state index contributed by atoms with van der Waals surface area (Å²) >= 11 is 0. The second-order valence-corrected chi connectivity index (χ2v) is 9.86. The van der Waals surface area contributed by atoms with Crippen LogP contribution in [0.25, 0.3) is 0 Å². The monoisotopic (exact) mass is 494 g/mol. The molecule has 0 radical (unpaired) electrons. The number of rotatable bonds is 4. The van der Waals surface area contributed by atoms with E-state index in [0.717, 1.165) is 61.2 Å². The van der Waals surface area contributed by atoms with Crippen LogP contribution in [0.2, 0.25) is 0 Å². The predicted octanol–water partition coefficient (Wildman–Crippen LogP) is 4.65. The Balaban J connectivity index is 1.18. The summed E-state index contributed by atoms with van der Waals surface area (Å²) in [5.41, 5.74) is 0.922. The van der Waals surface area contributed by atoms with E-state index in [0.29, 0.717) is 18.2 Å². The van der Waals surface area contributed by atoms with E-state index in [2.05, 4.69) is 16.3 Å². The van der Waals surface area contributed by atoms with Crippen LogP contribution in [0.1, 0.15) is 49.3 Å². The average Bonchev–Trinajstić information content (AvgIpc) is 3.53. The van der Waals surface area contributed by atoms with Crippen molar-refractivity contribution in [2.75, 3.05) is 19.7 Å². The van der Waals surface area contributed by atoms with Gasteiger partial charge in [0, 0.05) is 25.2 Å². The molecule has 3 aliphatic rings. The van der Waals surface area contributed by atoms with Gasteiger partial charge >= 0.3 is 12.1 Å². The number of halogens is 2. The zero-order chi connectivity index (χ0) is 25.3. The molecule has 188 valence electrons. The van der Waals surface area contributed by atoms with Gasteiger partial charge in [0.15, 0.2) is 11.6 Å². The third-order valence-electron chi connectivity index (χ3n) is 7.83. The Bertz CT molecular complexity index is 1180. The lowest BCUT2D eigenvalue weighted by Crippen LogP contribution is -2.48. The fourth-order valence-corrected chi connectivity index (χ4v) is 5.77. The molecular formula is C27H28F2N4O3. The van der Waals surface area contributed by atoms with Gasteiger partial charge in [0.05, 0.1) is 11.5 Å². The molecule has 0 spiro atoms. The van der Waals surface area contributed by atoms with Crippen molar-refractivity contribution in [2.45, 2.75) is 55.6 Å². The molecule has 1 saturated carbocycles. The van der Waals surface area contributed by atoms with Crippen molar-refractivity contribution < 1.29 is 23.1 Å². The molecule has 2 aliphatic heterocycles. The molecule has 2 unspecified atom stereocenters. The number of hydrogen-bond donors (Lipinski definition) is 1. The van der Waals surface area contributed by atoms with Crippen molar-refractivity contribution in [1.82, 2.24) is 15.1 Å². The van der Waals surface area contributed by atoms with Crippen LogP contribution in [-0.4, -0.2) is 53.7 Å². The first-order chi connectivity index (χ1) is 17.4. The van der Waals surface area contributed by atoms with E-state index in [1.807, 2.05) is 30.3 Å². The summed E-state index contributed by atoms with van der Waals surface area (Å²) in [6.45, 7) is 1.36. The number of carbonyl (C=O) groups is 2. The quantitative estimate of drug-likeness (QED) is 0.669. The molecule has 0 bridgehead atoms. The van der Waals surface area contributed by atoms with E-state index in [4.69, 9.17) is 4.74 Å². The summed E-state index contributed by atoms with van der Waals surface area (Å²) in [6, 6.07) is 14.6. The van der Waals surface area contributed by atoms with Crippen molar-refractivity contribution in [3.05, 3.63) is 71.3 Å². The maximum absolute atomic E-state index is 13.7. The van der Waals surface area contributed by atoms with Crippen molar-refractivity contribution in [3.63, 3.8) is 0 Å². The van der Waals surface area contributed by atoms with Gasteiger partial charge < -0.3 is 10.1 Å². The summed E-state index contributed by atoms with van der Waals surface area (Å²) in [5.74, 6) is -2.04. The topological polar surface area (TPSA) is 85.7 Å². The molecular weight excluding hydrogens is 466 g/mol. The fraction of sp³-hybridized carbons (Fsp3) is 0.444. The Morgan fingerprint density at radius 3 is 2.53 bits per heavy atom. The van der Waals surface area contributed by atoms with E-state index in [1.54, 1.807) is 0 Å². The number of urea groups is 1. The van der Waals surface area contributed by atoms with Gasteiger partial charge in [-0.3, -0.25) is 4.90 Å². The molecule has 2 aromatic rings. The predicted molar refractivity (Wildman–Crippen MR) is 127 cm³/mol. The summed E-state index contributed by atoms with van der Waals surface area (Å²) in [5, 5.41) is 12.9. The highest BCUT2D eigenvalue weighted by molar-refractivity contribution is 5.92. The second kappa shape index (κ2) is 9.86. The number of benzene rings is 2. The number of cyclic esters (lactones) is 1. The van der Waals surface area contributed by atoms with Gasteiger partial charge in [0.1, 0.15) is 12.6 Å². The van der Waals surface area contributed by atoms with E-state index >= 15 is 0 Å². The normalized spacial score (nSPS) is 28.5. The fourth-order valence-electron chi connectivity index (χ4n) is 5.77. The highest BCUT2D eigenvalue weighted by Crippen LogP contribution is 2.41. The molecule has 2 heterocycles. The molecule has 5 rings (SSSR count). The number of hydrogen-bond acceptors (Lipinski definition) is 5. The number of nitrogens with zero attached hydrogens (tertiary/aromatic N) is 3. The number of carbonyl (C=O) groups excluding carboxylic acids is 2. The van der Waals surface area contributed by atoms with Gasteiger partial charge in [-0.1, -0.05) is 36.4 Å². The molecule has 3 amide bonds. The zero-order valence-corrected chi connectivity index (χ0v) is 19.8. The molecule has 2 saturated heterocycles. The smallest absolute Gasteiger partial charge is 0.418 e. The summed E-state index contributed by atoms with van der Waals surface area (Å²) < 4.78 is 32.1. The Hall–Kier alpha value is -3.51. The minimum absolute atomic E-state index is 0.113. The molecule has 1 aliphatic carbocycles. The highest BCUT2D eigenvalue weighted by Gasteiger charge is 2.42. The second-order valence-electron chi connectivity index (χ2n) is 9.86. The highest BCUT2D eigenvalue weighted by atomic mass is 19.2. The molecule has 2 atom stereocenters. The first-order valence-electron chi connectivity index (χ1n) is 12.3. The summed E-state index contributed by atoms with van der Waals surface area (Å²) in [6.07, 6.45) is 3.32. The van der Waals surface area contributed by atoms with Crippen LogP contribution in [0.3, 0.4) is 0 Å². The van der Waals surface area contributed by atoms with E-state index < -0.39 is 35.2 Å². The van der Waals surface area contributed by atoms with Gasteiger partial charge in [-0.15, -0.1) is 0 Å². The van der Waals surface area contributed by atoms with Crippen molar-refractivity contribution in [3.8, 4) is 6.07 Å². The number of nitriles is 1. The Kier molecular flexibility index (Phi) is 6.63. The minimum Gasteiger partial charge on any atom is -0.446 e. The van der Waals surface area contributed by atoms with Gasteiger partial charge in [-0.2, -0.15) is 5.26 Å². The van der Waals surface area contributed by atoms with Crippen molar-refractivity contribution >= 4 is 12.1 Å². The first-order valence-corrected chi connectivity index (χ1v) is 12.3. The van der Waals surface area contributed by atoms with Crippen LogP contribution < -0.4 is 5.32 Å². The summed E-state index contributed by atoms with van der Waals surface area (Å²) in [7, 11) is 0. The number of ether oxygens (including phenoxy) is 1. The Morgan fingerprint density at radius 1 is 1.08 bits per heavy atom. The van der Waals surface area contributed by atoms with E-state index in [9.17, 15) is 23.6 Å². The lowest BCUT2D eigenvalue weighted by molar-refractivity contribution is 0.154. The van der Waals surface area contributed by atoms with Gasteiger partial charge in [-0.25, -0.2) is 23.3 Å². The van der Waals surface area contributed by atoms with Crippen LogP contribution in [0, 0.1) is 23.0 Å². The van der Waals surface area contributed by atoms with Crippen molar-refractivity contribution in [2.24, 2.45) is 0 Å². The van der Waals surface area contributed by atoms with Gasteiger partial charge in [-0.05, 0) is 55.4 Å². The average molecular weight is 495 g/mol. The number of likely N-dealkylation sites (tertiary alicyclic amines) is 1. The Labute approximate surface area is 208 Å². The SMILES string of the molecule is N#CC1(c2ccccc2)CCC(N2CCC(NC(=O)N3C(=O)OCC3c3ccc(F)c(F)c3)C2)CC1. The molecule has 3 fully saturated rings. The minimum atomic E-state index is -1.04. The largest absolute Gasteiger partial charge is 0.446 e. The Morgan fingerprint density at radius 2 is 1.83 bits per heavy atom. The molecule has 0 aromatic heterocycles. The number of nitrogens with one attached hydrogen (secondary N) is 1. The molecule has 7 nitrogen and oxygen atoms in total. The van der Waals surface area contributed by atoms with Crippen molar-refractivity contribution in [1.29, 1.82) is 5.26 Å². The lowest BCUT2D eigenvalue weighted by Gasteiger charge is -2.39. The summed E-state index contributed by atoms with van der Waals surface area (Å²) in [4.78, 5) is 28.6. The van der Waals surface area contributed by atoms with Crippen LogP contribution in [-0.2, 0) is 10.2 Å². The molecule has 1 N–H and O–H groups in total. The van der Waals surface area contributed by atoms with Crippen LogP contribution in [0.4, 0.5) is 18.4 Å². The third-order valence-corrected chi connectivity index (χ3v) is 7.83. The van der Waals surface area contributed by atoms with Crippen LogP contribution >= 0.6 is 0 Å². The maximum atomic E-state index is 13.7. The van der Waals surface area contributed by atoms with E-state index in [1.165, 1.54) is 6.07 Å². The lowest BCUT2D eigenvalue weighted by atomic mass is 9.69. The molecule has 2 aromatic carbocycles. The van der Waals surface area contributed by atoms with Crippen LogP contribution in [0.5, 0.6) is 0 Å². The third kappa shape index (κ3) is 4.53. The molecule has 36 heavy (non-hydrogen) atoms. The number of amides is 3. The van der Waals surface area contributed by atoms with Gasteiger partial charge in [0.25, 0.3) is 0 Å². The standard InChI is InChI=1S/C27H28F2N4O3/c28-22-7-6-18(14-23(22)29)24-16-36-26(35)33(24)25(34)31-20-10-13-32(15-20)21-8-11-27(17-30,12-9-21)19-4-2-1-3-5-19/h1-7,14,20-21,24H,8-13,15-16H2,(H,31,34). The van der Waals surface area contributed by atoms with Gasteiger partial charge in [0.2, 0.25) is 0 Å². The van der Waals surface area contributed by atoms with E-state index in [-0.39, 0.29) is 12.6 Å². The maximum Gasteiger partial charge on any atom is 0.418 e. The number of imide groups is 1. The zero-order valence-electron chi connectivity index (χ0n) is 19.8. The first kappa shape index (κ1) is 24.2. The molecule has 9 heteroatoms.